The summed E-state index contributed by atoms with van der Waals surface area (Å²) in [6, 6.07) is 13.0. The van der Waals surface area contributed by atoms with Gasteiger partial charge in [-0.3, -0.25) is 4.79 Å². The van der Waals surface area contributed by atoms with E-state index in [0.717, 1.165) is 17.1 Å². The molecule has 1 aliphatic rings. The SMILES string of the molecule is NNc1cccc(CN2C(=O)CCOc3ccccc32)n1. The van der Waals surface area contributed by atoms with Crippen molar-refractivity contribution in [1.29, 1.82) is 0 Å². The van der Waals surface area contributed by atoms with Gasteiger partial charge in [-0.1, -0.05) is 18.2 Å². The number of hydrogen-bond acceptors (Lipinski definition) is 5. The fraction of sp³-hybridized carbons (Fsp3) is 0.200. The Balaban J connectivity index is 1.93. The highest BCUT2D eigenvalue weighted by atomic mass is 16.5. The molecule has 0 atom stereocenters. The van der Waals surface area contributed by atoms with E-state index in [1.165, 1.54) is 0 Å². The fourth-order valence-electron chi connectivity index (χ4n) is 2.30. The van der Waals surface area contributed by atoms with Gasteiger partial charge in [0, 0.05) is 0 Å². The number of benzene rings is 1. The Morgan fingerprint density at radius 2 is 2.10 bits per heavy atom. The molecule has 0 unspecified atom stereocenters. The molecule has 1 aliphatic heterocycles. The number of nitrogens with zero attached hydrogens (tertiary/aromatic N) is 2. The number of hydrogen-bond donors (Lipinski definition) is 2. The minimum absolute atomic E-state index is 0.0212. The lowest BCUT2D eigenvalue weighted by Gasteiger charge is -2.21. The lowest BCUT2D eigenvalue weighted by molar-refractivity contribution is -0.118. The first-order valence-corrected chi connectivity index (χ1v) is 6.72. The van der Waals surface area contributed by atoms with Gasteiger partial charge in [0.2, 0.25) is 5.91 Å². The number of carbonyl (C=O) groups is 1. The highest BCUT2D eigenvalue weighted by Gasteiger charge is 2.23. The topological polar surface area (TPSA) is 80.5 Å². The number of para-hydroxylation sites is 2. The van der Waals surface area contributed by atoms with Crippen LogP contribution in [0.2, 0.25) is 0 Å². The molecule has 0 aliphatic carbocycles. The molecule has 3 rings (SSSR count). The van der Waals surface area contributed by atoms with Gasteiger partial charge in [0.15, 0.2) is 0 Å². The molecular formula is C15H16N4O2. The molecule has 0 saturated heterocycles. The van der Waals surface area contributed by atoms with Gasteiger partial charge in [0.1, 0.15) is 11.6 Å². The second-order valence-electron chi connectivity index (χ2n) is 4.70. The molecule has 6 nitrogen and oxygen atoms in total. The Kier molecular flexibility index (Phi) is 3.70. The van der Waals surface area contributed by atoms with E-state index in [9.17, 15) is 4.79 Å². The Morgan fingerprint density at radius 1 is 1.24 bits per heavy atom. The molecule has 6 heteroatoms. The summed E-state index contributed by atoms with van der Waals surface area (Å²) in [5.41, 5.74) is 4.04. The number of nitrogen functional groups attached to an aromatic ring is 1. The van der Waals surface area contributed by atoms with Gasteiger partial charge in [-0.2, -0.15) is 0 Å². The Labute approximate surface area is 122 Å². The van der Waals surface area contributed by atoms with E-state index >= 15 is 0 Å². The van der Waals surface area contributed by atoms with Crippen molar-refractivity contribution in [3.63, 3.8) is 0 Å². The number of nitrogens with two attached hydrogens (primary N) is 1. The zero-order valence-electron chi connectivity index (χ0n) is 11.5. The lowest BCUT2D eigenvalue weighted by Crippen LogP contribution is -2.30. The average molecular weight is 284 g/mol. The molecule has 108 valence electrons. The molecule has 3 N–H and O–H groups in total. The molecule has 0 radical (unpaired) electrons. The molecule has 2 aromatic rings. The van der Waals surface area contributed by atoms with Gasteiger partial charge < -0.3 is 15.1 Å². The van der Waals surface area contributed by atoms with E-state index in [4.69, 9.17) is 10.6 Å². The Bertz CT molecular complexity index is 660. The van der Waals surface area contributed by atoms with E-state index < -0.39 is 0 Å². The predicted octanol–water partition coefficient (Wildman–Crippen LogP) is 1.68. The highest BCUT2D eigenvalue weighted by Crippen LogP contribution is 2.31. The highest BCUT2D eigenvalue weighted by molar-refractivity contribution is 5.95. The number of hydrazine groups is 1. The van der Waals surface area contributed by atoms with E-state index in [1.54, 1.807) is 11.0 Å². The van der Waals surface area contributed by atoms with Crippen molar-refractivity contribution in [2.24, 2.45) is 5.84 Å². The molecule has 0 spiro atoms. The van der Waals surface area contributed by atoms with Crippen LogP contribution in [0.1, 0.15) is 12.1 Å². The van der Waals surface area contributed by atoms with Crippen LogP contribution in [0.5, 0.6) is 5.75 Å². The summed E-state index contributed by atoms with van der Waals surface area (Å²) >= 11 is 0. The van der Waals surface area contributed by atoms with E-state index in [1.807, 2.05) is 36.4 Å². The normalized spacial score (nSPS) is 14.1. The first-order chi connectivity index (χ1) is 10.3. The van der Waals surface area contributed by atoms with E-state index in [2.05, 4.69) is 10.4 Å². The molecule has 1 aromatic carbocycles. The Hall–Kier alpha value is -2.60. The maximum absolute atomic E-state index is 12.3. The quantitative estimate of drug-likeness (QED) is 0.662. The molecule has 0 bridgehead atoms. The third-order valence-electron chi connectivity index (χ3n) is 3.31. The summed E-state index contributed by atoms with van der Waals surface area (Å²) in [6.45, 7) is 0.777. The van der Waals surface area contributed by atoms with Gasteiger partial charge in [-0.25, -0.2) is 10.8 Å². The number of aromatic nitrogens is 1. The lowest BCUT2D eigenvalue weighted by atomic mass is 10.2. The second-order valence-corrected chi connectivity index (χ2v) is 4.70. The number of pyridine rings is 1. The number of ether oxygens (including phenoxy) is 1. The second kappa shape index (κ2) is 5.80. The van der Waals surface area contributed by atoms with Crippen LogP contribution >= 0.6 is 0 Å². The van der Waals surface area contributed by atoms with E-state index in [0.29, 0.717) is 25.4 Å². The first-order valence-electron chi connectivity index (χ1n) is 6.72. The summed E-state index contributed by atoms with van der Waals surface area (Å²) in [4.78, 5) is 18.4. The fourth-order valence-corrected chi connectivity index (χ4v) is 2.30. The summed E-state index contributed by atoms with van der Waals surface area (Å²) in [5, 5.41) is 0. The number of amides is 1. The van der Waals surface area contributed by atoms with Crippen LogP contribution in [0.4, 0.5) is 11.5 Å². The molecule has 2 heterocycles. The van der Waals surface area contributed by atoms with Crippen molar-refractivity contribution >= 4 is 17.4 Å². The van der Waals surface area contributed by atoms with Gasteiger partial charge in [0.05, 0.1) is 31.0 Å². The summed E-state index contributed by atoms with van der Waals surface area (Å²) in [7, 11) is 0. The van der Waals surface area contributed by atoms with Crippen LogP contribution in [-0.4, -0.2) is 17.5 Å². The number of rotatable bonds is 3. The molecule has 0 saturated carbocycles. The first kappa shape index (κ1) is 13.4. The molecule has 21 heavy (non-hydrogen) atoms. The minimum Gasteiger partial charge on any atom is -0.491 e. The average Bonchev–Trinajstić information content (AvgIpc) is 2.68. The smallest absolute Gasteiger partial charge is 0.230 e. The van der Waals surface area contributed by atoms with Crippen LogP contribution in [0, 0.1) is 0 Å². The van der Waals surface area contributed by atoms with Crippen LogP contribution in [0.25, 0.3) is 0 Å². The van der Waals surface area contributed by atoms with Crippen molar-refractivity contribution in [2.45, 2.75) is 13.0 Å². The molecular weight excluding hydrogens is 268 g/mol. The maximum atomic E-state index is 12.3. The van der Waals surface area contributed by atoms with Crippen LogP contribution < -0.4 is 20.9 Å². The number of nitrogens with one attached hydrogen (secondary N) is 1. The van der Waals surface area contributed by atoms with Crippen molar-refractivity contribution in [1.82, 2.24) is 4.98 Å². The van der Waals surface area contributed by atoms with Gasteiger partial charge >= 0.3 is 0 Å². The zero-order valence-corrected chi connectivity index (χ0v) is 11.5. The van der Waals surface area contributed by atoms with Crippen molar-refractivity contribution in [3.05, 3.63) is 48.2 Å². The number of carbonyl (C=O) groups excluding carboxylic acids is 1. The molecule has 1 aromatic heterocycles. The molecule has 1 amide bonds. The summed E-state index contributed by atoms with van der Waals surface area (Å²) < 4.78 is 5.62. The zero-order chi connectivity index (χ0) is 14.7. The van der Waals surface area contributed by atoms with Crippen LogP contribution in [0.15, 0.2) is 42.5 Å². The van der Waals surface area contributed by atoms with Crippen molar-refractivity contribution < 1.29 is 9.53 Å². The summed E-state index contributed by atoms with van der Waals surface area (Å²) in [5.74, 6) is 6.68. The molecule has 0 fully saturated rings. The maximum Gasteiger partial charge on any atom is 0.230 e. The third-order valence-corrected chi connectivity index (χ3v) is 3.31. The van der Waals surface area contributed by atoms with E-state index in [-0.39, 0.29) is 5.91 Å². The standard InChI is InChI=1S/C15H16N4O2/c16-18-14-7-3-4-11(17-14)10-19-12-5-1-2-6-13(12)21-9-8-15(19)20/h1-7H,8-10,16H2,(H,17,18). The third kappa shape index (κ3) is 2.80. The largest absolute Gasteiger partial charge is 0.491 e. The van der Waals surface area contributed by atoms with Gasteiger partial charge in [-0.15, -0.1) is 0 Å². The van der Waals surface area contributed by atoms with Gasteiger partial charge in [-0.05, 0) is 24.3 Å². The van der Waals surface area contributed by atoms with Crippen LogP contribution in [-0.2, 0) is 11.3 Å². The predicted molar refractivity (Wildman–Crippen MR) is 79.8 cm³/mol. The summed E-state index contributed by atoms with van der Waals surface area (Å²) in [6.07, 6.45) is 0.351. The van der Waals surface area contributed by atoms with Crippen molar-refractivity contribution in [2.75, 3.05) is 16.9 Å². The monoisotopic (exact) mass is 284 g/mol. The Morgan fingerprint density at radius 3 is 2.95 bits per heavy atom. The number of anilines is 2. The van der Waals surface area contributed by atoms with Crippen molar-refractivity contribution in [3.8, 4) is 5.75 Å². The van der Waals surface area contributed by atoms with Crippen LogP contribution in [0.3, 0.4) is 0 Å². The minimum atomic E-state index is 0.0212. The van der Waals surface area contributed by atoms with Gasteiger partial charge in [0.25, 0.3) is 0 Å². The number of fused-ring (bicyclic) bond motifs is 1.